The van der Waals surface area contributed by atoms with Crippen molar-refractivity contribution in [3.63, 3.8) is 0 Å². The molecule has 2 rings (SSSR count). The maximum Gasteiger partial charge on any atom is 0.128 e. The van der Waals surface area contributed by atoms with Crippen molar-refractivity contribution in [2.75, 3.05) is 18.0 Å². The van der Waals surface area contributed by atoms with Crippen molar-refractivity contribution in [3.8, 4) is 6.07 Å². The summed E-state index contributed by atoms with van der Waals surface area (Å²) in [5, 5.41) is 8.72. The Balaban J connectivity index is 2.07. The van der Waals surface area contributed by atoms with Gasteiger partial charge in [-0.25, -0.2) is 4.98 Å². The molecule has 16 heavy (non-hydrogen) atoms. The molecule has 0 saturated heterocycles. The highest BCUT2D eigenvalue weighted by molar-refractivity contribution is 5.42. The first-order chi connectivity index (χ1) is 7.83. The molecule has 0 bridgehead atoms. The second-order valence-electron chi connectivity index (χ2n) is 4.41. The van der Waals surface area contributed by atoms with Gasteiger partial charge in [-0.2, -0.15) is 5.26 Å². The average molecular weight is 215 g/mol. The molecule has 0 unspecified atom stereocenters. The van der Waals surface area contributed by atoms with Crippen LogP contribution in [0.3, 0.4) is 0 Å². The third-order valence-corrected chi connectivity index (χ3v) is 2.87. The highest BCUT2D eigenvalue weighted by Gasteiger charge is 2.24. The lowest BCUT2D eigenvalue weighted by Crippen LogP contribution is -2.27. The Morgan fingerprint density at radius 2 is 2.31 bits per heavy atom. The van der Waals surface area contributed by atoms with E-state index in [0.717, 1.165) is 31.2 Å². The SMILES string of the molecule is CCCN(CC1CC1)c1ccc(C#N)cn1. The summed E-state index contributed by atoms with van der Waals surface area (Å²) in [6.45, 7) is 4.35. The summed E-state index contributed by atoms with van der Waals surface area (Å²) in [4.78, 5) is 6.68. The van der Waals surface area contributed by atoms with E-state index in [0.29, 0.717) is 5.56 Å². The molecule has 1 saturated carbocycles. The molecule has 0 aromatic carbocycles. The zero-order chi connectivity index (χ0) is 11.4. The number of hydrogen-bond acceptors (Lipinski definition) is 3. The number of nitriles is 1. The lowest BCUT2D eigenvalue weighted by molar-refractivity contribution is 0.699. The molecule has 1 aromatic rings. The summed E-state index contributed by atoms with van der Waals surface area (Å²) in [7, 11) is 0. The molecule has 0 aliphatic heterocycles. The summed E-state index contributed by atoms with van der Waals surface area (Å²) >= 11 is 0. The van der Waals surface area contributed by atoms with Crippen LogP contribution in [0.5, 0.6) is 0 Å². The van der Waals surface area contributed by atoms with Crippen molar-refractivity contribution in [3.05, 3.63) is 23.9 Å². The van der Waals surface area contributed by atoms with Crippen LogP contribution >= 0.6 is 0 Å². The Hall–Kier alpha value is -1.56. The summed E-state index contributed by atoms with van der Waals surface area (Å²) in [5.41, 5.74) is 0.631. The van der Waals surface area contributed by atoms with Gasteiger partial charge in [0.25, 0.3) is 0 Å². The topological polar surface area (TPSA) is 39.9 Å². The van der Waals surface area contributed by atoms with Gasteiger partial charge in [0.05, 0.1) is 5.56 Å². The van der Waals surface area contributed by atoms with Crippen molar-refractivity contribution >= 4 is 5.82 Å². The van der Waals surface area contributed by atoms with E-state index < -0.39 is 0 Å². The molecule has 1 aliphatic carbocycles. The van der Waals surface area contributed by atoms with Crippen molar-refractivity contribution in [1.29, 1.82) is 5.26 Å². The van der Waals surface area contributed by atoms with E-state index in [1.165, 1.54) is 12.8 Å². The smallest absolute Gasteiger partial charge is 0.128 e. The van der Waals surface area contributed by atoms with Gasteiger partial charge in [0, 0.05) is 19.3 Å². The van der Waals surface area contributed by atoms with E-state index in [-0.39, 0.29) is 0 Å². The van der Waals surface area contributed by atoms with Gasteiger partial charge in [-0.3, -0.25) is 0 Å². The van der Waals surface area contributed by atoms with Crippen LogP contribution in [0.4, 0.5) is 5.82 Å². The van der Waals surface area contributed by atoms with Gasteiger partial charge in [0.1, 0.15) is 11.9 Å². The molecule has 84 valence electrons. The third-order valence-electron chi connectivity index (χ3n) is 2.87. The molecule has 1 fully saturated rings. The van der Waals surface area contributed by atoms with Crippen LogP contribution in [-0.4, -0.2) is 18.1 Å². The van der Waals surface area contributed by atoms with Crippen LogP contribution in [0.25, 0.3) is 0 Å². The molecule has 3 nitrogen and oxygen atoms in total. The summed E-state index contributed by atoms with van der Waals surface area (Å²) in [5.74, 6) is 1.87. The van der Waals surface area contributed by atoms with E-state index in [9.17, 15) is 0 Å². The Morgan fingerprint density at radius 3 is 2.81 bits per heavy atom. The van der Waals surface area contributed by atoms with Gasteiger partial charge in [-0.1, -0.05) is 6.92 Å². The number of nitrogens with zero attached hydrogens (tertiary/aromatic N) is 3. The number of rotatable bonds is 5. The predicted octanol–water partition coefficient (Wildman–Crippen LogP) is 2.58. The number of pyridine rings is 1. The van der Waals surface area contributed by atoms with Crippen LogP contribution < -0.4 is 4.90 Å². The van der Waals surface area contributed by atoms with Gasteiger partial charge in [-0.05, 0) is 37.3 Å². The maximum atomic E-state index is 8.72. The number of hydrogen-bond donors (Lipinski definition) is 0. The molecule has 0 N–H and O–H groups in total. The quantitative estimate of drug-likeness (QED) is 0.758. The fourth-order valence-electron chi connectivity index (χ4n) is 1.82. The monoisotopic (exact) mass is 215 g/mol. The molecule has 3 heteroatoms. The van der Waals surface area contributed by atoms with E-state index >= 15 is 0 Å². The van der Waals surface area contributed by atoms with Crippen LogP contribution in [-0.2, 0) is 0 Å². The molecule has 1 aromatic heterocycles. The largest absolute Gasteiger partial charge is 0.356 e. The minimum atomic E-state index is 0.631. The number of anilines is 1. The third kappa shape index (κ3) is 2.73. The van der Waals surface area contributed by atoms with Gasteiger partial charge in [0.2, 0.25) is 0 Å². The molecule has 1 aliphatic rings. The standard InChI is InChI=1S/C13H17N3/c1-2-7-16(10-11-3-4-11)13-6-5-12(8-14)9-15-13/h5-6,9,11H,2-4,7,10H2,1H3. The van der Waals surface area contributed by atoms with E-state index in [2.05, 4.69) is 22.9 Å². The summed E-state index contributed by atoms with van der Waals surface area (Å²) in [6, 6.07) is 5.90. The highest BCUT2D eigenvalue weighted by Crippen LogP contribution is 2.31. The van der Waals surface area contributed by atoms with Crippen molar-refractivity contribution in [2.45, 2.75) is 26.2 Å². The van der Waals surface area contributed by atoms with E-state index in [1.54, 1.807) is 6.20 Å². The zero-order valence-electron chi connectivity index (χ0n) is 9.69. The second-order valence-corrected chi connectivity index (χ2v) is 4.41. The van der Waals surface area contributed by atoms with Gasteiger partial charge in [-0.15, -0.1) is 0 Å². The Labute approximate surface area is 96.7 Å². The molecular formula is C13H17N3. The van der Waals surface area contributed by atoms with Gasteiger partial charge < -0.3 is 4.90 Å². The normalized spacial score (nSPS) is 14.5. The Morgan fingerprint density at radius 1 is 1.50 bits per heavy atom. The van der Waals surface area contributed by atoms with Crippen LogP contribution in [0.2, 0.25) is 0 Å². The lowest BCUT2D eigenvalue weighted by Gasteiger charge is -2.22. The fraction of sp³-hybridized carbons (Fsp3) is 0.538. The van der Waals surface area contributed by atoms with E-state index in [1.807, 2.05) is 12.1 Å². The minimum absolute atomic E-state index is 0.631. The Kier molecular flexibility index (Phi) is 3.40. The molecule has 0 radical (unpaired) electrons. The van der Waals surface area contributed by atoms with E-state index in [4.69, 9.17) is 5.26 Å². The van der Waals surface area contributed by atoms with Crippen LogP contribution in [0.1, 0.15) is 31.7 Å². The Bertz CT molecular complexity index is 373. The fourth-order valence-corrected chi connectivity index (χ4v) is 1.82. The molecule has 0 amide bonds. The molecule has 0 atom stereocenters. The molecular weight excluding hydrogens is 198 g/mol. The second kappa shape index (κ2) is 4.98. The van der Waals surface area contributed by atoms with Crippen LogP contribution in [0.15, 0.2) is 18.3 Å². The first kappa shape index (κ1) is 10.9. The zero-order valence-corrected chi connectivity index (χ0v) is 9.69. The summed E-state index contributed by atoms with van der Waals surface area (Å²) < 4.78 is 0. The minimum Gasteiger partial charge on any atom is -0.356 e. The van der Waals surface area contributed by atoms with Crippen molar-refractivity contribution in [2.24, 2.45) is 5.92 Å². The maximum absolute atomic E-state index is 8.72. The van der Waals surface area contributed by atoms with Gasteiger partial charge >= 0.3 is 0 Å². The summed E-state index contributed by atoms with van der Waals surface area (Å²) in [6.07, 6.45) is 5.51. The first-order valence-corrected chi connectivity index (χ1v) is 5.94. The van der Waals surface area contributed by atoms with Crippen LogP contribution in [0, 0.1) is 17.2 Å². The molecule has 1 heterocycles. The number of aromatic nitrogens is 1. The average Bonchev–Trinajstić information content (AvgIpc) is 3.13. The molecule has 0 spiro atoms. The predicted molar refractivity (Wildman–Crippen MR) is 64.2 cm³/mol. The van der Waals surface area contributed by atoms with Crippen molar-refractivity contribution in [1.82, 2.24) is 4.98 Å². The highest BCUT2D eigenvalue weighted by atomic mass is 15.2. The first-order valence-electron chi connectivity index (χ1n) is 5.94. The van der Waals surface area contributed by atoms with Crippen molar-refractivity contribution < 1.29 is 0 Å². The van der Waals surface area contributed by atoms with Gasteiger partial charge in [0.15, 0.2) is 0 Å². The lowest BCUT2D eigenvalue weighted by atomic mass is 10.3.